The largest absolute Gasteiger partial charge is 0.465 e. The molecular weight excluding hydrogens is 210 g/mol. The zero-order chi connectivity index (χ0) is 10.4. The van der Waals surface area contributed by atoms with Gasteiger partial charge in [0, 0.05) is 11.4 Å². The van der Waals surface area contributed by atoms with Gasteiger partial charge < -0.3 is 5.11 Å². The lowest BCUT2D eigenvalue weighted by atomic mass is 9.98. The first-order valence-electron chi connectivity index (χ1n) is 5.33. The lowest BCUT2D eigenvalue weighted by Crippen LogP contribution is -2.39. The fourth-order valence-electron chi connectivity index (χ4n) is 2.43. The van der Waals surface area contributed by atoms with Gasteiger partial charge in [-0.25, -0.2) is 4.79 Å². The van der Waals surface area contributed by atoms with Crippen molar-refractivity contribution in [2.45, 2.75) is 25.3 Å². The molecule has 0 aromatic carbocycles. The lowest BCUT2D eigenvalue weighted by Gasteiger charge is -2.33. The molecule has 2 heterocycles. The third-order valence-electron chi connectivity index (χ3n) is 3.32. The molecule has 0 spiro atoms. The Hall–Kier alpha value is -1.03. The second-order valence-electron chi connectivity index (χ2n) is 4.32. The van der Waals surface area contributed by atoms with Crippen LogP contribution in [-0.4, -0.2) is 22.6 Å². The van der Waals surface area contributed by atoms with E-state index in [1.165, 1.54) is 23.3 Å². The summed E-state index contributed by atoms with van der Waals surface area (Å²) in [5.74, 6) is 0.582. The Bertz CT molecular complexity index is 397. The average Bonchev–Trinajstić information content (AvgIpc) is 2.93. The number of fused-ring (bicyclic) bond motifs is 1. The van der Waals surface area contributed by atoms with Gasteiger partial charge in [-0.05, 0) is 42.2 Å². The zero-order valence-corrected chi connectivity index (χ0v) is 9.17. The molecule has 2 aliphatic rings. The highest BCUT2D eigenvalue weighted by atomic mass is 32.1. The molecule has 1 aromatic rings. The van der Waals surface area contributed by atoms with E-state index < -0.39 is 6.09 Å². The van der Waals surface area contributed by atoms with Crippen LogP contribution in [0.2, 0.25) is 0 Å². The number of rotatable bonds is 1. The minimum absolute atomic E-state index is 0.159. The van der Waals surface area contributed by atoms with Crippen molar-refractivity contribution in [3.63, 3.8) is 0 Å². The van der Waals surface area contributed by atoms with E-state index in [0.29, 0.717) is 12.5 Å². The molecule has 4 heteroatoms. The van der Waals surface area contributed by atoms with E-state index in [1.807, 2.05) is 0 Å². The Morgan fingerprint density at radius 3 is 3.00 bits per heavy atom. The number of hydrogen-bond acceptors (Lipinski definition) is 2. The fraction of sp³-hybridized carbons (Fsp3) is 0.545. The van der Waals surface area contributed by atoms with Crippen LogP contribution in [0.1, 0.15) is 29.3 Å². The number of amides is 1. The molecule has 80 valence electrons. The molecule has 1 aromatic heterocycles. The van der Waals surface area contributed by atoms with Crippen LogP contribution >= 0.6 is 11.3 Å². The van der Waals surface area contributed by atoms with Crippen molar-refractivity contribution in [1.82, 2.24) is 4.90 Å². The SMILES string of the molecule is O=C(O)N1CCc2ccsc2C1C1CC1. The van der Waals surface area contributed by atoms with Crippen molar-refractivity contribution < 1.29 is 9.90 Å². The molecule has 1 N–H and O–H groups in total. The third-order valence-corrected chi connectivity index (χ3v) is 4.35. The van der Waals surface area contributed by atoms with E-state index >= 15 is 0 Å². The molecule has 1 unspecified atom stereocenters. The van der Waals surface area contributed by atoms with Gasteiger partial charge in [0.2, 0.25) is 0 Å². The molecule has 1 atom stereocenters. The van der Waals surface area contributed by atoms with Crippen molar-refractivity contribution in [2.24, 2.45) is 5.92 Å². The highest BCUT2D eigenvalue weighted by molar-refractivity contribution is 7.10. The summed E-state index contributed by atoms with van der Waals surface area (Å²) in [7, 11) is 0. The first-order valence-corrected chi connectivity index (χ1v) is 6.21. The van der Waals surface area contributed by atoms with Gasteiger partial charge in [0.05, 0.1) is 6.04 Å². The molecule has 3 nitrogen and oxygen atoms in total. The van der Waals surface area contributed by atoms with Crippen LogP contribution in [0.3, 0.4) is 0 Å². The van der Waals surface area contributed by atoms with Gasteiger partial charge in [-0.1, -0.05) is 0 Å². The molecule has 1 amide bonds. The summed E-state index contributed by atoms with van der Waals surface area (Å²) in [6.45, 7) is 0.667. The van der Waals surface area contributed by atoms with E-state index in [0.717, 1.165) is 6.42 Å². The topological polar surface area (TPSA) is 40.5 Å². The quantitative estimate of drug-likeness (QED) is 0.795. The Labute approximate surface area is 92.3 Å². The van der Waals surface area contributed by atoms with E-state index in [2.05, 4.69) is 11.4 Å². The van der Waals surface area contributed by atoms with Gasteiger partial charge in [0.25, 0.3) is 0 Å². The first kappa shape index (κ1) is 9.21. The van der Waals surface area contributed by atoms with E-state index in [4.69, 9.17) is 0 Å². The van der Waals surface area contributed by atoms with Crippen LogP contribution in [0.5, 0.6) is 0 Å². The molecular formula is C11H13NO2S. The predicted molar refractivity (Wildman–Crippen MR) is 58.2 cm³/mol. The normalized spacial score (nSPS) is 25.1. The van der Waals surface area contributed by atoms with Gasteiger partial charge in [0.15, 0.2) is 0 Å². The van der Waals surface area contributed by atoms with Crippen molar-refractivity contribution in [2.75, 3.05) is 6.54 Å². The highest BCUT2D eigenvalue weighted by Gasteiger charge is 2.42. The van der Waals surface area contributed by atoms with Crippen LogP contribution in [0, 0.1) is 5.92 Å². The summed E-state index contributed by atoms with van der Waals surface area (Å²) in [6, 6.07) is 2.31. The van der Waals surface area contributed by atoms with Crippen molar-refractivity contribution in [3.05, 3.63) is 21.9 Å². The Balaban J connectivity index is 1.99. The van der Waals surface area contributed by atoms with E-state index in [9.17, 15) is 9.90 Å². The first-order chi connectivity index (χ1) is 7.27. The summed E-state index contributed by atoms with van der Waals surface area (Å²) < 4.78 is 0. The molecule has 1 aliphatic carbocycles. The fourth-order valence-corrected chi connectivity index (χ4v) is 3.59. The summed E-state index contributed by atoms with van der Waals surface area (Å²) in [6.07, 6.45) is 2.50. The van der Waals surface area contributed by atoms with Crippen molar-refractivity contribution in [3.8, 4) is 0 Å². The lowest BCUT2D eigenvalue weighted by molar-refractivity contribution is 0.114. The van der Waals surface area contributed by atoms with Gasteiger partial charge in [-0.2, -0.15) is 0 Å². The number of carboxylic acid groups (broad SMARTS) is 1. The molecule has 0 saturated heterocycles. The van der Waals surface area contributed by atoms with Crippen LogP contribution < -0.4 is 0 Å². The maximum absolute atomic E-state index is 11.2. The van der Waals surface area contributed by atoms with Crippen LogP contribution in [0.15, 0.2) is 11.4 Å². The minimum atomic E-state index is -0.758. The smallest absolute Gasteiger partial charge is 0.407 e. The number of nitrogens with zero attached hydrogens (tertiary/aromatic N) is 1. The van der Waals surface area contributed by atoms with Crippen LogP contribution in [-0.2, 0) is 6.42 Å². The molecule has 0 bridgehead atoms. The number of carbonyl (C=O) groups is 1. The zero-order valence-electron chi connectivity index (χ0n) is 8.35. The third kappa shape index (κ3) is 1.44. The highest BCUT2D eigenvalue weighted by Crippen LogP contribution is 2.48. The molecule has 0 radical (unpaired) electrons. The van der Waals surface area contributed by atoms with Gasteiger partial charge in [-0.15, -0.1) is 11.3 Å². The second-order valence-corrected chi connectivity index (χ2v) is 5.27. The standard InChI is InChI=1S/C11H13NO2S/c13-11(14)12-5-3-8-4-6-15-10(8)9(12)7-1-2-7/h4,6-7,9H,1-3,5H2,(H,13,14). The summed E-state index contributed by atoms with van der Waals surface area (Å²) >= 11 is 1.72. The Morgan fingerprint density at radius 2 is 2.33 bits per heavy atom. The van der Waals surface area contributed by atoms with Gasteiger partial charge in [0.1, 0.15) is 0 Å². The molecule has 3 rings (SSSR count). The van der Waals surface area contributed by atoms with Gasteiger partial charge in [-0.3, -0.25) is 4.90 Å². The van der Waals surface area contributed by atoms with Crippen LogP contribution in [0.25, 0.3) is 0 Å². The van der Waals surface area contributed by atoms with Crippen molar-refractivity contribution in [1.29, 1.82) is 0 Å². The Kier molecular flexibility index (Phi) is 1.99. The predicted octanol–water partition coefficient (Wildman–Crippen LogP) is 2.74. The van der Waals surface area contributed by atoms with E-state index in [-0.39, 0.29) is 6.04 Å². The Morgan fingerprint density at radius 1 is 1.53 bits per heavy atom. The monoisotopic (exact) mass is 223 g/mol. The molecule has 1 saturated carbocycles. The summed E-state index contributed by atoms with van der Waals surface area (Å²) in [5, 5.41) is 11.3. The number of hydrogen-bond donors (Lipinski definition) is 1. The molecule has 15 heavy (non-hydrogen) atoms. The second kappa shape index (κ2) is 3.23. The average molecular weight is 223 g/mol. The van der Waals surface area contributed by atoms with Crippen molar-refractivity contribution >= 4 is 17.4 Å². The number of thiophene rings is 1. The van der Waals surface area contributed by atoms with E-state index in [1.54, 1.807) is 16.2 Å². The summed E-state index contributed by atoms with van der Waals surface area (Å²) in [5.41, 5.74) is 1.37. The maximum Gasteiger partial charge on any atom is 0.407 e. The molecule has 1 aliphatic heterocycles. The summed E-state index contributed by atoms with van der Waals surface area (Å²) in [4.78, 5) is 14.1. The molecule has 1 fully saturated rings. The van der Waals surface area contributed by atoms with Crippen LogP contribution in [0.4, 0.5) is 4.79 Å². The minimum Gasteiger partial charge on any atom is -0.465 e. The maximum atomic E-state index is 11.2. The van der Waals surface area contributed by atoms with Gasteiger partial charge >= 0.3 is 6.09 Å².